The van der Waals surface area contributed by atoms with Crippen molar-refractivity contribution in [3.8, 4) is 0 Å². The zero-order valence-corrected chi connectivity index (χ0v) is 10.8. The molecular formula is C11H15N3O3S. The number of nitrogens with one attached hydrogen (secondary N) is 1. The van der Waals surface area contributed by atoms with Gasteiger partial charge in [-0.3, -0.25) is 9.10 Å². The maximum absolute atomic E-state index is 11.9. The number of benzene rings is 1. The van der Waals surface area contributed by atoms with Crippen molar-refractivity contribution in [3.05, 3.63) is 23.8 Å². The Labute approximate surface area is 106 Å². The van der Waals surface area contributed by atoms with E-state index < -0.39 is 10.0 Å². The molecule has 1 amide bonds. The molecule has 1 aromatic rings. The molecule has 1 aromatic carbocycles. The minimum atomic E-state index is -3.39. The second-order valence-electron chi connectivity index (χ2n) is 4.14. The standard InChI is InChI=1S/C11H15N3O3S/c1-14(18(16,17)5-4-12)9-2-3-10-8(6-9)7-11(15)13-10/h2-3,6H,4-5,7,12H2,1H3,(H,13,15). The quantitative estimate of drug-likeness (QED) is 0.798. The van der Waals surface area contributed by atoms with Crippen LogP contribution in [0.4, 0.5) is 11.4 Å². The molecule has 0 radical (unpaired) electrons. The molecule has 0 fully saturated rings. The summed E-state index contributed by atoms with van der Waals surface area (Å²) >= 11 is 0. The molecule has 0 atom stereocenters. The molecule has 1 aliphatic heterocycles. The highest BCUT2D eigenvalue weighted by atomic mass is 32.2. The van der Waals surface area contributed by atoms with Gasteiger partial charge in [-0.2, -0.15) is 0 Å². The average Bonchev–Trinajstić information content (AvgIpc) is 2.66. The van der Waals surface area contributed by atoms with Gasteiger partial charge in [-0.1, -0.05) is 0 Å². The van der Waals surface area contributed by atoms with Crippen LogP contribution in [0.1, 0.15) is 5.56 Å². The molecule has 6 nitrogen and oxygen atoms in total. The van der Waals surface area contributed by atoms with Gasteiger partial charge in [-0.25, -0.2) is 8.42 Å². The highest BCUT2D eigenvalue weighted by Gasteiger charge is 2.22. The molecule has 2 rings (SSSR count). The van der Waals surface area contributed by atoms with Gasteiger partial charge in [0.05, 0.1) is 17.9 Å². The zero-order valence-electron chi connectivity index (χ0n) is 10.0. The van der Waals surface area contributed by atoms with Gasteiger partial charge < -0.3 is 11.1 Å². The van der Waals surface area contributed by atoms with Crippen LogP contribution in [0.5, 0.6) is 0 Å². The molecule has 0 unspecified atom stereocenters. The first-order valence-electron chi connectivity index (χ1n) is 5.53. The first-order valence-corrected chi connectivity index (χ1v) is 7.14. The van der Waals surface area contributed by atoms with Gasteiger partial charge in [0.1, 0.15) is 0 Å². The molecule has 0 saturated carbocycles. The van der Waals surface area contributed by atoms with Gasteiger partial charge in [0, 0.05) is 19.3 Å². The van der Waals surface area contributed by atoms with Crippen LogP contribution in [-0.4, -0.2) is 33.7 Å². The number of nitrogens with two attached hydrogens (primary N) is 1. The minimum Gasteiger partial charge on any atom is -0.329 e. The maximum Gasteiger partial charge on any atom is 0.236 e. The Morgan fingerprint density at radius 3 is 2.83 bits per heavy atom. The lowest BCUT2D eigenvalue weighted by molar-refractivity contribution is -0.115. The normalized spacial score (nSPS) is 14.2. The summed E-state index contributed by atoms with van der Waals surface area (Å²) in [6.45, 7) is 0.0810. The van der Waals surface area contributed by atoms with Gasteiger partial charge >= 0.3 is 0 Å². The van der Waals surface area contributed by atoms with E-state index in [2.05, 4.69) is 5.32 Å². The Kier molecular flexibility index (Phi) is 3.27. The Morgan fingerprint density at radius 2 is 2.17 bits per heavy atom. The molecule has 0 aliphatic carbocycles. The predicted octanol–water partition coefficient (Wildman–Crippen LogP) is -0.0941. The van der Waals surface area contributed by atoms with Crippen molar-refractivity contribution in [3.63, 3.8) is 0 Å². The van der Waals surface area contributed by atoms with E-state index in [1.807, 2.05) is 0 Å². The molecule has 1 aliphatic rings. The summed E-state index contributed by atoms with van der Waals surface area (Å²) < 4.78 is 24.9. The molecule has 0 bridgehead atoms. The van der Waals surface area contributed by atoms with Crippen molar-refractivity contribution in [2.75, 3.05) is 29.0 Å². The topological polar surface area (TPSA) is 92.5 Å². The molecule has 98 valence electrons. The van der Waals surface area contributed by atoms with E-state index >= 15 is 0 Å². The summed E-state index contributed by atoms with van der Waals surface area (Å²) in [4.78, 5) is 11.2. The first-order chi connectivity index (χ1) is 8.44. The zero-order chi connectivity index (χ0) is 13.3. The van der Waals surface area contributed by atoms with E-state index in [0.717, 1.165) is 11.3 Å². The molecule has 3 N–H and O–H groups in total. The van der Waals surface area contributed by atoms with Crippen LogP contribution in [-0.2, 0) is 21.2 Å². The number of anilines is 2. The van der Waals surface area contributed by atoms with Crippen LogP contribution in [0.3, 0.4) is 0 Å². The third-order valence-corrected chi connectivity index (χ3v) is 4.67. The van der Waals surface area contributed by atoms with Gasteiger partial charge in [-0.05, 0) is 23.8 Å². The number of hydrogen-bond donors (Lipinski definition) is 2. The maximum atomic E-state index is 11.9. The van der Waals surface area contributed by atoms with Crippen molar-refractivity contribution < 1.29 is 13.2 Å². The number of sulfonamides is 1. The van der Waals surface area contributed by atoms with Crippen molar-refractivity contribution >= 4 is 27.3 Å². The Hall–Kier alpha value is -1.60. The summed E-state index contributed by atoms with van der Waals surface area (Å²) in [7, 11) is -1.91. The van der Waals surface area contributed by atoms with Crippen LogP contribution < -0.4 is 15.4 Å². The van der Waals surface area contributed by atoms with Crippen molar-refractivity contribution in [1.82, 2.24) is 0 Å². The van der Waals surface area contributed by atoms with E-state index in [1.54, 1.807) is 18.2 Å². The molecule has 1 heterocycles. The van der Waals surface area contributed by atoms with Crippen molar-refractivity contribution in [2.45, 2.75) is 6.42 Å². The van der Waals surface area contributed by atoms with Gasteiger partial charge in [0.15, 0.2) is 0 Å². The number of hydrogen-bond acceptors (Lipinski definition) is 4. The Morgan fingerprint density at radius 1 is 1.44 bits per heavy atom. The van der Waals surface area contributed by atoms with E-state index in [0.29, 0.717) is 5.69 Å². The fourth-order valence-corrected chi connectivity index (χ4v) is 2.86. The van der Waals surface area contributed by atoms with Crippen LogP contribution in [0.2, 0.25) is 0 Å². The lowest BCUT2D eigenvalue weighted by Gasteiger charge is -2.19. The number of carbonyl (C=O) groups is 1. The van der Waals surface area contributed by atoms with Gasteiger partial charge in [0.2, 0.25) is 15.9 Å². The van der Waals surface area contributed by atoms with Crippen molar-refractivity contribution in [2.24, 2.45) is 5.73 Å². The molecule has 18 heavy (non-hydrogen) atoms. The highest BCUT2D eigenvalue weighted by Crippen LogP contribution is 2.28. The number of nitrogens with zero attached hydrogens (tertiary/aromatic N) is 1. The first kappa shape index (κ1) is 12.8. The SMILES string of the molecule is CN(c1ccc2c(c1)CC(=O)N2)S(=O)(=O)CCN. The number of amides is 1. The van der Waals surface area contributed by atoms with Crippen LogP contribution >= 0.6 is 0 Å². The van der Waals surface area contributed by atoms with Crippen molar-refractivity contribution in [1.29, 1.82) is 0 Å². The second-order valence-corrected chi connectivity index (χ2v) is 6.26. The van der Waals surface area contributed by atoms with E-state index in [1.165, 1.54) is 11.4 Å². The van der Waals surface area contributed by atoms with E-state index in [-0.39, 0.29) is 24.6 Å². The fourth-order valence-electron chi connectivity index (χ4n) is 1.86. The highest BCUT2D eigenvalue weighted by molar-refractivity contribution is 7.92. The molecular weight excluding hydrogens is 254 g/mol. The predicted molar refractivity (Wildman–Crippen MR) is 70.0 cm³/mol. The number of fused-ring (bicyclic) bond motifs is 1. The molecule has 0 spiro atoms. The number of carbonyl (C=O) groups excluding carboxylic acids is 1. The van der Waals surface area contributed by atoms with Gasteiger partial charge in [0.25, 0.3) is 0 Å². The lowest BCUT2D eigenvalue weighted by atomic mass is 10.1. The second kappa shape index (κ2) is 4.58. The summed E-state index contributed by atoms with van der Waals surface area (Å²) in [6.07, 6.45) is 0.286. The van der Waals surface area contributed by atoms with E-state index in [4.69, 9.17) is 5.73 Å². The summed E-state index contributed by atoms with van der Waals surface area (Å²) in [5, 5.41) is 2.70. The van der Waals surface area contributed by atoms with Crippen LogP contribution in [0.25, 0.3) is 0 Å². The van der Waals surface area contributed by atoms with Crippen LogP contribution in [0.15, 0.2) is 18.2 Å². The lowest BCUT2D eigenvalue weighted by Crippen LogP contribution is -2.31. The van der Waals surface area contributed by atoms with E-state index in [9.17, 15) is 13.2 Å². The summed E-state index contributed by atoms with van der Waals surface area (Å²) in [5.41, 5.74) is 7.38. The van der Waals surface area contributed by atoms with Crippen LogP contribution in [0, 0.1) is 0 Å². The third kappa shape index (κ3) is 2.32. The number of rotatable bonds is 4. The minimum absolute atomic E-state index is 0.0744. The summed E-state index contributed by atoms with van der Waals surface area (Å²) in [5.74, 6) is -0.174. The smallest absolute Gasteiger partial charge is 0.236 e. The fraction of sp³-hybridized carbons (Fsp3) is 0.364. The van der Waals surface area contributed by atoms with Gasteiger partial charge in [-0.15, -0.1) is 0 Å². The molecule has 0 aromatic heterocycles. The third-order valence-electron chi connectivity index (χ3n) is 2.87. The summed E-state index contributed by atoms with van der Waals surface area (Å²) in [6, 6.07) is 5.09. The Balaban J connectivity index is 2.31. The average molecular weight is 269 g/mol. The molecule has 7 heteroatoms. The Bertz CT molecular complexity index is 583. The largest absolute Gasteiger partial charge is 0.329 e. The monoisotopic (exact) mass is 269 g/mol. The molecule has 0 saturated heterocycles.